The van der Waals surface area contributed by atoms with Crippen LogP contribution in [-0.4, -0.2) is 36.3 Å². The predicted molar refractivity (Wildman–Crippen MR) is 129 cm³/mol. The quantitative estimate of drug-likeness (QED) is 0.282. The first-order valence-corrected chi connectivity index (χ1v) is 11.0. The predicted octanol–water partition coefficient (Wildman–Crippen LogP) is 4.47. The third kappa shape index (κ3) is 8.17. The van der Waals surface area contributed by atoms with Crippen LogP contribution in [0, 0.1) is 20.0 Å². The van der Waals surface area contributed by atoms with Crippen LogP contribution < -0.4 is 0 Å². The Morgan fingerprint density at radius 1 is 0.833 bits per heavy atom. The van der Waals surface area contributed by atoms with Crippen LogP contribution >= 0.6 is 0 Å². The number of benzene rings is 3. The molecular formula is C29H29CrNO5. The van der Waals surface area contributed by atoms with Crippen molar-refractivity contribution in [2.45, 2.75) is 31.0 Å². The standard InChI is InChI=1S/C26H29NO2.3CO.Cr/c1-29-20-24-16-10-18-27(24)19-21-11-8-9-17-25(21)26(28,22-12-4-2-5-13-22)23-14-6-3-7-15-23;3*1-2;/h2-9,11-15,17,24,28H,10,16,18-20H2,1H3;;;;/t24-;;;;/m0..../s1. The van der Waals surface area contributed by atoms with Gasteiger partial charge in [-0.15, -0.1) is 0 Å². The van der Waals surface area contributed by atoms with E-state index >= 15 is 0 Å². The summed E-state index contributed by atoms with van der Waals surface area (Å²) in [5.74, 6) is 0. The maximum Gasteiger partial charge on any atom is 0 e. The van der Waals surface area contributed by atoms with Gasteiger partial charge in [-0.25, -0.2) is 0 Å². The van der Waals surface area contributed by atoms with E-state index < -0.39 is 5.60 Å². The molecule has 0 radical (unpaired) electrons. The van der Waals surface area contributed by atoms with Crippen LogP contribution in [0.1, 0.15) is 35.1 Å². The van der Waals surface area contributed by atoms with Gasteiger partial charge in [0.1, 0.15) is 5.60 Å². The van der Waals surface area contributed by atoms with Crippen LogP contribution in [0.3, 0.4) is 0 Å². The Hall–Kier alpha value is -2.71. The summed E-state index contributed by atoms with van der Waals surface area (Å²) in [5, 5.41) is 12.2. The molecule has 1 saturated heterocycles. The second-order valence-corrected chi connectivity index (χ2v) is 7.82. The number of aliphatic hydroxyl groups is 1. The van der Waals surface area contributed by atoms with E-state index in [0.29, 0.717) is 6.04 Å². The molecule has 0 spiro atoms. The molecule has 0 saturated carbocycles. The van der Waals surface area contributed by atoms with Crippen molar-refractivity contribution >= 4 is 0 Å². The zero-order valence-electron chi connectivity index (χ0n) is 20.1. The first-order chi connectivity index (χ1) is 17.2. The summed E-state index contributed by atoms with van der Waals surface area (Å²) in [6.45, 7) is 16.1. The molecule has 1 aliphatic heterocycles. The van der Waals surface area contributed by atoms with E-state index in [1.165, 1.54) is 6.42 Å². The Bertz CT molecular complexity index is 999. The van der Waals surface area contributed by atoms with E-state index in [0.717, 1.165) is 48.4 Å². The molecule has 3 aromatic rings. The molecule has 1 fully saturated rings. The maximum atomic E-state index is 12.2. The minimum absolute atomic E-state index is 0. The number of likely N-dealkylation sites (tertiary alicyclic amines) is 1. The second-order valence-electron chi connectivity index (χ2n) is 7.82. The molecular weight excluding hydrogens is 494 g/mol. The van der Waals surface area contributed by atoms with Gasteiger partial charge in [0.15, 0.2) is 0 Å². The summed E-state index contributed by atoms with van der Waals surface area (Å²) in [4.78, 5) is 2.48. The molecule has 1 atom stereocenters. The van der Waals surface area contributed by atoms with Crippen LogP contribution in [0.25, 0.3) is 0 Å². The third-order valence-corrected chi connectivity index (χ3v) is 6.02. The molecule has 7 heteroatoms. The van der Waals surface area contributed by atoms with Gasteiger partial charge in [0, 0.05) is 37.1 Å². The van der Waals surface area contributed by atoms with E-state index in [9.17, 15) is 5.11 Å². The molecule has 0 unspecified atom stereocenters. The Morgan fingerprint density at radius 3 is 1.81 bits per heavy atom. The van der Waals surface area contributed by atoms with Gasteiger partial charge in [0.05, 0.1) is 6.61 Å². The van der Waals surface area contributed by atoms with E-state index in [4.69, 9.17) is 18.7 Å². The van der Waals surface area contributed by atoms with Gasteiger partial charge in [-0.05, 0) is 41.6 Å². The van der Waals surface area contributed by atoms with Crippen molar-refractivity contribution in [2.75, 3.05) is 20.3 Å². The summed E-state index contributed by atoms with van der Waals surface area (Å²) in [7, 11) is 1.77. The smallest absolute Gasteiger partial charge is 0 e. The summed E-state index contributed by atoms with van der Waals surface area (Å²) >= 11 is 0. The van der Waals surface area contributed by atoms with Crippen LogP contribution in [0.2, 0.25) is 0 Å². The van der Waals surface area contributed by atoms with Crippen molar-refractivity contribution < 1.29 is 41.2 Å². The van der Waals surface area contributed by atoms with Gasteiger partial charge in [-0.1, -0.05) is 84.9 Å². The van der Waals surface area contributed by atoms with Gasteiger partial charge in [-0.3, -0.25) is 4.90 Å². The molecule has 0 aliphatic carbocycles. The Balaban J connectivity index is 0.00000163. The number of nitrogens with zero attached hydrogens (tertiary/aromatic N) is 1. The van der Waals surface area contributed by atoms with E-state index in [-0.39, 0.29) is 17.4 Å². The van der Waals surface area contributed by atoms with Gasteiger partial charge in [0.2, 0.25) is 0 Å². The van der Waals surface area contributed by atoms with Crippen LogP contribution in [-0.2, 0) is 48.2 Å². The number of methoxy groups -OCH3 is 1. The van der Waals surface area contributed by atoms with Crippen molar-refractivity contribution in [3.63, 3.8) is 0 Å². The molecule has 1 heterocycles. The number of rotatable bonds is 7. The molecule has 6 nitrogen and oxygen atoms in total. The summed E-state index contributed by atoms with van der Waals surface area (Å²) < 4.78 is 27.9. The molecule has 0 aromatic heterocycles. The Labute approximate surface area is 224 Å². The molecule has 0 amide bonds. The normalized spacial score (nSPS) is 14.3. The zero-order valence-corrected chi connectivity index (χ0v) is 21.4. The Kier molecular flexibility index (Phi) is 17.2. The first kappa shape index (κ1) is 33.3. The molecule has 1 aliphatic rings. The fraction of sp³-hybridized carbons (Fsp3) is 0.276. The van der Waals surface area contributed by atoms with Crippen molar-refractivity contribution in [1.29, 1.82) is 0 Å². The van der Waals surface area contributed by atoms with Crippen molar-refractivity contribution in [3.05, 3.63) is 127 Å². The SMILES string of the molecule is COC[C@@H]1CCCN1Cc1ccccc1C(O)(c1ccccc1)c1ccccc1.[C-]#[O+].[C-]#[O+].[C-]#[O+].[Cr]. The van der Waals surface area contributed by atoms with Crippen molar-refractivity contribution in [3.8, 4) is 0 Å². The first-order valence-electron chi connectivity index (χ1n) is 11.0. The van der Waals surface area contributed by atoms with Crippen molar-refractivity contribution in [2.24, 2.45) is 0 Å². The fourth-order valence-corrected chi connectivity index (χ4v) is 4.55. The summed E-state index contributed by atoms with van der Waals surface area (Å²) in [6, 6.07) is 28.7. The zero-order chi connectivity index (χ0) is 26.1. The molecule has 186 valence electrons. The molecule has 36 heavy (non-hydrogen) atoms. The van der Waals surface area contributed by atoms with Crippen molar-refractivity contribution in [1.82, 2.24) is 4.90 Å². The fourth-order valence-electron chi connectivity index (χ4n) is 4.55. The maximum absolute atomic E-state index is 12.2. The topological polar surface area (TPSA) is 92.4 Å². The van der Waals surface area contributed by atoms with Gasteiger partial charge in [-0.2, -0.15) is 0 Å². The monoisotopic (exact) mass is 523 g/mol. The van der Waals surface area contributed by atoms with Crippen LogP contribution in [0.5, 0.6) is 0 Å². The van der Waals surface area contributed by atoms with Crippen LogP contribution in [0.4, 0.5) is 0 Å². The number of ether oxygens (including phenoxy) is 1. The van der Waals surface area contributed by atoms with E-state index in [1.807, 2.05) is 66.7 Å². The second kappa shape index (κ2) is 18.5. The average Bonchev–Trinajstić information content (AvgIpc) is 3.39. The number of hydrogen-bond acceptors (Lipinski definition) is 3. The molecule has 4 rings (SSSR count). The molecule has 0 bridgehead atoms. The Morgan fingerprint density at radius 2 is 1.31 bits per heavy atom. The van der Waals surface area contributed by atoms with E-state index in [2.05, 4.69) is 43.1 Å². The van der Waals surface area contributed by atoms with Crippen LogP contribution in [0.15, 0.2) is 84.9 Å². The third-order valence-electron chi connectivity index (χ3n) is 6.02. The van der Waals surface area contributed by atoms with E-state index in [1.54, 1.807) is 7.11 Å². The molecule has 3 aromatic carbocycles. The van der Waals surface area contributed by atoms with Gasteiger partial charge >= 0.3 is 33.9 Å². The minimum Gasteiger partial charge on any atom is 0 e. The average molecular weight is 524 g/mol. The van der Waals surface area contributed by atoms with Gasteiger partial charge in [0.25, 0.3) is 0 Å². The summed E-state index contributed by atoms with van der Waals surface area (Å²) in [6.07, 6.45) is 2.36. The molecule has 1 N–H and O–H groups in total. The van der Waals surface area contributed by atoms with Gasteiger partial charge < -0.3 is 9.84 Å². The summed E-state index contributed by atoms with van der Waals surface area (Å²) in [5.41, 5.74) is 2.67. The largest absolute Gasteiger partial charge is 0 e. The minimum atomic E-state index is -1.20. The number of hydrogen-bond donors (Lipinski definition) is 1.